The molecule has 0 spiro atoms. The van der Waals surface area contributed by atoms with E-state index in [0.29, 0.717) is 6.42 Å². The first-order chi connectivity index (χ1) is 7.81. The molecule has 1 rings (SSSR count). The lowest BCUT2D eigenvalue weighted by Gasteiger charge is -2.39. The molecule has 0 radical (unpaired) electrons. The Bertz CT molecular complexity index is 330. The Morgan fingerprint density at radius 1 is 1.29 bits per heavy atom. The third-order valence-corrected chi connectivity index (χ3v) is 3.57. The number of hydrogen-bond donors (Lipinski definition) is 0. The molecule has 1 aliphatic carbocycles. The Hall–Kier alpha value is -0.670. The van der Waals surface area contributed by atoms with Crippen LogP contribution >= 0.6 is 0 Å². The van der Waals surface area contributed by atoms with E-state index in [4.69, 9.17) is 9.47 Å². The molecule has 3 nitrogen and oxygen atoms in total. The van der Waals surface area contributed by atoms with E-state index in [2.05, 4.69) is 6.92 Å². The van der Waals surface area contributed by atoms with Gasteiger partial charge in [-0.25, -0.2) is 0 Å². The van der Waals surface area contributed by atoms with Crippen molar-refractivity contribution in [1.82, 2.24) is 0 Å². The summed E-state index contributed by atoms with van der Waals surface area (Å²) in [5, 5.41) is 0. The molecule has 98 valence electrons. The van der Waals surface area contributed by atoms with Crippen LogP contribution in [0, 0.1) is 5.92 Å². The van der Waals surface area contributed by atoms with Gasteiger partial charge < -0.3 is 9.47 Å². The van der Waals surface area contributed by atoms with Crippen LogP contribution in [0.1, 0.15) is 47.5 Å². The van der Waals surface area contributed by atoms with E-state index in [1.807, 2.05) is 27.7 Å². The summed E-state index contributed by atoms with van der Waals surface area (Å²) in [7, 11) is 1.60. The summed E-state index contributed by atoms with van der Waals surface area (Å²) in [6, 6.07) is 0. The Morgan fingerprint density at radius 3 is 2.35 bits per heavy atom. The van der Waals surface area contributed by atoms with Crippen molar-refractivity contribution >= 4 is 5.78 Å². The van der Waals surface area contributed by atoms with Crippen molar-refractivity contribution in [3.05, 3.63) is 11.1 Å². The maximum Gasteiger partial charge on any atom is 0.178 e. The molecule has 2 atom stereocenters. The second-order valence-electron chi connectivity index (χ2n) is 5.25. The number of allylic oxidation sites excluding steroid dienone is 1. The highest BCUT2D eigenvalue weighted by Gasteiger charge is 2.43. The average molecular weight is 240 g/mol. The number of rotatable bonds is 4. The highest BCUT2D eigenvalue weighted by atomic mass is 16.7. The third kappa shape index (κ3) is 2.96. The third-order valence-electron chi connectivity index (χ3n) is 3.57. The molecule has 0 bridgehead atoms. The predicted molar refractivity (Wildman–Crippen MR) is 67.7 cm³/mol. The Kier molecular flexibility index (Phi) is 4.50. The summed E-state index contributed by atoms with van der Waals surface area (Å²) >= 11 is 0. The standard InChI is InChI=1S/C14H24O3/c1-9(2)17-14(5,16-6)13-11(4)10(3)7-8-12(13)15/h9,13H,7-8H2,1-6H3/t13-,14?/m1/s1. The van der Waals surface area contributed by atoms with Gasteiger partial charge in [0.2, 0.25) is 0 Å². The molecule has 17 heavy (non-hydrogen) atoms. The smallest absolute Gasteiger partial charge is 0.178 e. The summed E-state index contributed by atoms with van der Waals surface area (Å²) < 4.78 is 11.3. The van der Waals surface area contributed by atoms with Crippen molar-refractivity contribution in [2.45, 2.75) is 59.4 Å². The molecule has 0 fully saturated rings. The second-order valence-corrected chi connectivity index (χ2v) is 5.25. The highest BCUT2D eigenvalue weighted by Crippen LogP contribution is 2.37. The monoisotopic (exact) mass is 240 g/mol. The number of methoxy groups -OCH3 is 1. The van der Waals surface area contributed by atoms with Crippen LogP contribution in [-0.2, 0) is 14.3 Å². The van der Waals surface area contributed by atoms with Crippen molar-refractivity contribution < 1.29 is 14.3 Å². The summed E-state index contributed by atoms with van der Waals surface area (Å²) in [6.45, 7) is 9.86. The van der Waals surface area contributed by atoms with Gasteiger partial charge in [-0.05, 0) is 41.0 Å². The van der Waals surface area contributed by atoms with E-state index in [-0.39, 0.29) is 17.8 Å². The minimum Gasteiger partial charge on any atom is -0.352 e. The van der Waals surface area contributed by atoms with E-state index in [9.17, 15) is 4.79 Å². The van der Waals surface area contributed by atoms with Crippen molar-refractivity contribution in [3.63, 3.8) is 0 Å². The van der Waals surface area contributed by atoms with Crippen molar-refractivity contribution in [2.75, 3.05) is 7.11 Å². The summed E-state index contributed by atoms with van der Waals surface area (Å²) in [4.78, 5) is 12.1. The number of ether oxygens (including phenoxy) is 2. The zero-order chi connectivity index (χ0) is 13.2. The highest BCUT2D eigenvalue weighted by molar-refractivity contribution is 5.86. The van der Waals surface area contributed by atoms with Crippen LogP contribution in [-0.4, -0.2) is 24.8 Å². The fourth-order valence-corrected chi connectivity index (χ4v) is 2.53. The lowest BCUT2D eigenvalue weighted by atomic mass is 9.78. The molecule has 0 amide bonds. The molecule has 0 saturated carbocycles. The molecule has 0 aromatic carbocycles. The fourth-order valence-electron chi connectivity index (χ4n) is 2.53. The first-order valence-corrected chi connectivity index (χ1v) is 6.23. The van der Waals surface area contributed by atoms with Gasteiger partial charge in [0, 0.05) is 13.5 Å². The average Bonchev–Trinajstić information content (AvgIpc) is 2.23. The normalized spacial score (nSPS) is 25.4. The molecule has 0 aliphatic heterocycles. The second kappa shape index (κ2) is 5.32. The van der Waals surface area contributed by atoms with Gasteiger partial charge in [-0.3, -0.25) is 4.79 Å². The molecule has 0 saturated heterocycles. The van der Waals surface area contributed by atoms with Crippen LogP contribution in [0.3, 0.4) is 0 Å². The Labute approximate surface area is 104 Å². The van der Waals surface area contributed by atoms with E-state index < -0.39 is 5.79 Å². The molecular formula is C14H24O3. The van der Waals surface area contributed by atoms with Crippen LogP contribution in [0.5, 0.6) is 0 Å². The zero-order valence-corrected chi connectivity index (χ0v) is 11.8. The Morgan fingerprint density at radius 2 is 1.88 bits per heavy atom. The molecule has 0 aromatic rings. The van der Waals surface area contributed by atoms with Gasteiger partial charge in [-0.15, -0.1) is 0 Å². The van der Waals surface area contributed by atoms with Crippen LogP contribution < -0.4 is 0 Å². The lowest BCUT2D eigenvalue weighted by molar-refractivity contribution is -0.248. The minimum absolute atomic E-state index is 0.0304. The molecule has 0 N–H and O–H groups in total. The SMILES string of the molecule is COC(C)(OC(C)C)[C@H]1C(=O)CCC(C)=C1C. The molecule has 3 heteroatoms. The lowest BCUT2D eigenvalue weighted by Crippen LogP contribution is -2.47. The number of ketones is 1. The quantitative estimate of drug-likeness (QED) is 0.559. The van der Waals surface area contributed by atoms with Crippen LogP contribution in [0.2, 0.25) is 0 Å². The van der Waals surface area contributed by atoms with Gasteiger partial charge in [-0.2, -0.15) is 0 Å². The van der Waals surface area contributed by atoms with Gasteiger partial charge in [-0.1, -0.05) is 11.1 Å². The van der Waals surface area contributed by atoms with Crippen molar-refractivity contribution in [1.29, 1.82) is 0 Å². The fraction of sp³-hybridized carbons (Fsp3) is 0.786. The molecular weight excluding hydrogens is 216 g/mol. The van der Waals surface area contributed by atoms with Crippen LogP contribution in [0.4, 0.5) is 0 Å². The summed E-state index contributed by atoms with van der Waals surface area (Å²) in [5.74, 6) is -0.904. The largest absolute Gasteiger partial charge is 0.352 e. The maximum absolute atomic E-state index is 12.1. The number of carbonyl (C=O) groups is 1. The summed E-state index contributed by atoms with van der Waals surface area (Å²) in [6.07, 6.45) is 1.49. The molecule has 0 heterocycles. The topological polar surface area (TPSA) is 35.5 Å². The van der Waals surface area contributed by atoms with Gasteiger partial charge >= 0.3 is 0 Å². The Balaban J connectivity index is 3.08. The van der Waals surface area contributed by atoms with E-state index >= 15 is 0 Å². The number of carbonyl (C=O) groups excluding carboxylic acids is 1. The molecule has 1 unspecified atom stereocenters. The van der Waals surface area contributed by atoms with Gasteiger partial charge in [0.15, 0.2) is 5.79 Å². The van der Waals surface area contributed by atoms with Gasteiger partial charge in [0.1, 0.15) is 5.78 Å². The number of hydrogen-bond acceptors (Lipinski definition) is 3. The predicted octanol–water partition coefficient (Wildman–Crippen LogP) is 3.09. The van der Waals surface area contributed by atoms with Crippen LogP contribution in [0.25, 0.3) is 0 Å². The van der Waals surface area contributed by atoms with Crippen molar-refractivity contribution in [2.24, 2.45) is 5.92 Å². The zero-order valence-electron chi connectivity index (χ0n) is 11.8. The van der Waals surface area contributed by atoms with Gasteiger partial charge in [0.05, 0.1) is 12.0 Å². The van der Waals surface area contributed by atoms with Gasteiger partial charge in [0.25, 0.3) is 0 Å². The van der Waals surface area contributed by atoms with Crippen molar-refractivity contribution in [3.8, 4) is 0 Å². The first-order valence-electron chi connectivity index (χ1n) is 6.23. The van der Waals surface area contributed by atoms with E-state index in [0.717, 1.165) is 12.0 Å². The maximum atomic E-state index is 12.1. The summed E-state index contributed by atoms with van der Waals surface area (Å²) in [5.41, 5.74) is 2.39. The minimum atomic E-state index is -0.850. The van der Waals surface area contributed by atoms with E-state index in [1.54, 1.807) is 7.11 Å². The van der Waals surface area contributed by atoms with E-state index in [1.165, 1.54) is 5.57 Å². The molecule has 1 aliphatic rings. The first kappa shape index (κ1) is 14.4. The molecule has 0 aromatic heterocycles. The number of Topliss-reactive ketones (excluding diaryl/α,β-unsaturated/α-hetero) is 1. The van der Waals surface area contributed by atoms with Crippen LogP contribution in [0.15, 0.2) is 11.1 Å².